The van der Waals surface area contributed by atoms with E-state index in [1.165, 1.54) is 24.3 Å². The molecule has 1 fully saturated rings. The van der Waals surface area contributed by atoms with Crippen LogP contribution in [0.25, 0.3) is 0 Å². The van der Waals surface area contributed by atoms with Gasteiger partial charge in [-0.25, -0.2) is 8.42 Å². The Balaban J connectivity index is 2.03. The first-order chi connectivity index (χ1) is 8.97. The van der Waals surface area contributed by atoms with Crippen LogP contribution in [0.3, 0.4) is 0 Å². The highest BCUT2D eigenvalue weighted by Gasteiger charge is 2.17. The molecule has 1 heterocycles. The second-order valence-electron chi connectivity index (χ2n) is 4.32. The molecule has 0 unspecified atom stereocenters. The molecule has 2 rings (SSSR count). The van der Waals surface area contributed by atoms with E-state index < -0.39 is 9.05 Å². The van der Waals surface area contributed by atoms with Crippen LogP contribution >= 0.6 is 10.7 Å². The molecule has 19 heavy (non-hydrogen) atoms. The minimum Gasteiger partial charge on any atom is -0.381 e. The molecule has 1 N–H and O–H groups in total. The highest BCUT2D eigenvalue weighted by atomic mass is 35.7. The van der Waals surface area contributed by atoms with E-state index in [1.807, 2.05) is 0 Å². The van der Waals surface area contributed by atoms with E-state index in [0.717, 1.165) is 12.8 Å². The van der Waals surface area contributed by atoms with Gasteiger partial charge in [-0.05, 0) is 37.1 Å². The summed E-state index contributed by atoms with van der Waals surface area (Å²) in [5.41, 5.74) is 0.413. The summed E-state index contributed by atoms with van der Waals surface area (Å²) in [6, 6.07) is 5.65. The van der Waals surface area contributed by atoms with Crippen molar-refractivity contribution in [2.24, 2.45) is 0 Å². The van der Waals surface area contributed by atoms with Crippen LogP contribution in [0.15, 0.2) is 29.2 Å². The Morgan fingerprint density at radius 2 is 1.79 bits per heavy atom. The highest BCUT2D eigenvalue weighted by molar-refractivity contribution is 8.13. The van der Waals surface area contributed by atoms with Gasteiger partial charge in [0.05, 0.1) is 4.90 Å². The molecule has 0 aromatic heterocycles. The van der Waals surface area contributed by atoms with Gasteiger partial charge in [0, 0.05) is 35.5 Å². The smallest absolute Gasteiger partial charge is 0.261 e. The van der Waals surface area contributed by atoms with Gasteiger partial charge in [0.2, 0.25) is 0 Å². The number of rotatable bonds is 3. The third-order valence-corrected chi connectivity index (χ3v) is 4.32. The Bertz CT molecular complexity index is 550. The van der Waals surface area contributed by atoms with Gasteiger partial charge in [-0.15, -0.1) is 0 Å². The van der Waals surface area contributed by atoms with Crippen LogP contribution in [0.5, 0.6) is 0 Å². The van der Waals surface area contributed by atoms with Crippen LogP contribution in [0.4, 0.5) is 0 Å². The van der Waals surface area contributed by atoms with Gasteiger partial charge in [0.25, 0.3) is 15.0 Å². The lowest BCUT2D eigenvalue weighted by molar-refractivity contribution is 0.0696. The Labute approximate surface area is 116 Å². The molecule has 5 nitrogen and oxygen atoms in total. The van der Waals surface area contributed by atoms with Gasteiger partial charge in [-0.2, -0.15) is 0 Å². The summed E-state index contributed by atoms with van der Waals surface area (Å²) >= 11 is 0. The van der Waals surface area contributed by atoms with Gasteiger partial charge < -0.3 is 10.1 Å². The van der Waals surface area contributed by atoms with Crippen molar-refractivity contribution >= 4 is 25.6 Å². The minimum absolute atomic E-state index is 0.0169. The predicted molar refractivity (Wildman–Crippen MR) is 70.8 cm³/mol. The summed E-state index contributed by atoms with van der Waals surface area (Å²) in [6.07, 6.45) is 1.58. The van der Waals surface area contributed by atoms with E-state index in [2.05, 4.69) is 5.32 Å². The molecule has 1 aromatic rings. The molecule has 1 aliphatic rings. The first-order valence-corrected chi connectivity index (χ1v) is 8.21. The van der Waals surface area contributed by atoms with Crippen molar-refractivity contribution in [1.29, 1.82) is 0 Å². The number of amides is 1. The molecule has 0 saturated carbocycles. The zero-order valence-corrected chi connectivity index (χ0v) is 11.7. The third kappa shape index (κ3) is 3.92. The quantitative estimate of drug-likeness (QED) is 0.859. The Hall–Kier alpha value is -1.11. The fraction of sp³-hybridized carbons (Fsp3) is 0.417. The number of hydrogen-bond donors (Lipinski definition) is 1. The van der Waals surface area contributed by atoms with Crippen LogP contribution in [0, 0.1) is 0 Å². The van der Waals surface area contributed by atoms with Gasteiger partial charge in [-0.3, -0.25) is 4.79 Å². The second-order valence-corrected chi connectivity index (χ2v) is 6.89. The maximum atomic E-state index is 11.9. The summed E-state index contributed by atoms with van der Waals surface area (Å²) in [5, 5.41) is 2.89. The van der Waals surface area contributed by atoms with E-state index in [-0.39, 0.29) is 16.8 Å². The largest absolute Gasteiger partial charge is 0.381 e. The normalized spacial score (nSPS) is 17.1. The fourth-order valence-electron chi connectivity index (χ4n) is 1.88. The molecule has 0 spiro atoms. The minimum atomic E-state index is -3.75. The highest BCUT2D eigenvalue weighted by Crippen LogP contribution is 2.15. The van der Waals surface area contributed by atoms with Gasteiger partial charge in [-0.1, -0.05) is 0 Å². The van der Waals surface area contributed by atoms with Crippen LogP contribution < -0.4 is 5.32 Å². The van der Waals surface area contributed by atoms with E-state index >= 15 is 0 Å². The van der Waals surface area contributed by atoms with Crippen molar-refractivity contribution < 1.29 is 17.9 Å². The van der Waals surface area contributed by atoms with Crippen LogP contribution in [0.2, 0.25) is 0 Å². The lowest BCUT2D eigenvalue weighted by atomic mass is 10.1. The monoisotopic (exact) mass is 303 g/mol. The van der Waals surface area contributed by atoms with Crippen molar-refractivity contribution in [2.45, 2.75) is 23.8 Å². The summed E-state index contributed by atoms with van der Waals surface area (Å²) in [4.78, 5) is 11.9. The third-order valence-electron chi connectivity index (χ3n) is 2.95. The number of carbonyl (C=O) groups is 1. The molecule has 0 bridgehead atoms. The zero-order valence-electron chi connectivity index (χ0n) is 10.1. The number of halogens is 1. The van der Waals surface area contributed by atoms with Crippen LogP contribution in [-0.4, -0.2) is 33.6 Å². The molecule has 7 heteroatoms. The Morgan fingerprint density at radius 1 is 1.21 bits per heavy atom. The molecule has 0 aliphatic carbocycles. The molecule has 1 saturated heterocycles. The van der Waals surface area contributed by atoms with E-state index in [0.29, 0.717) is 18.8 Å². The number of benzene rings is 1. The molecule has 1 aliphatic heterocycles. The average Bonchev–Trinajstić information content (AvgIpc) is 2.39. The molecule has 104 valence electrons. The first-order valence-electron chi connectivity index (χ1n) is 5.90. The van der Waals surface area contributed by atoms with Gasteiger partial charge in [0.15, 0.2) is 0 Å². The number of ether oxygens (including phenoxy) is 1. The van der Waals surface area contributed by atoms with E-state index in [1.54, 1.807) is 0 Å². The average molecular weight is 304 g/mol. The summed E-state index contributed by atoms with van der Waals surface area (Å²) in [6.45, 7) is 1.29. The van der Waals surface area contributed by atoms with Crippen LogP contribution in [-0.2, 0) is 13.8 Å². The van der Waals surface area contributed by atoms with E-state index in [4.69, 9.17) is 15.4 Å². The number of carbonyl (C=O) groups excluding carboxylic acids is 1. The summed E-state index contributed by atoms with van der Waals surface area (Å²) < 4.78 is 27.4. The van der Waals surface area contributed by atoms with E-state index in [9.17, 15) is 13.2 Å². The molecule has 0 atom stereocenters. The van der Waals surface area contributed by atoms with Crippen molar-refractivity contribution in [1.82, 2.24) is 5.32 Å². The summed E-state index contributed by atoms with van der Waals surface area (Å²) in [5.74, 6) is -0.217. The maximum Gasteiger partial charge on any atom is 0.261 e. The molecule has 1 aromatic carbocycles. The second kappa shape index (κ2) is 5.90. The first kappa shape index (κ1) is 14.3. The SMILES string of the molecule is O=C(NC1CCOCC1)c1ccc(S(=O)(=O)Cl)cc1. The Kier molecular flexibility index (Phi) is 4.44. The lowest BCUT2D eigenvalue weighted by Gasteiger charge is -2.23. The van der Waals surface area contributed by atoms with Gasteiger partial charge in [0.1, 0.15) is 0 Å². The fourth-order valence-corrected chi connectivity index (χ4v) is 2.65. The van der Waals surface area contributed by atoms with Crippen molar-refractivity contribution in [3.8, 4) is 0 Å². The Morgan fingerprint density at radius 3 is 2.32 bits per heavy atom. The van der Waals surface area contributed by atoms with Crippen molar-refractivity contribution in [2.75, 3.05) is 13.2 Å². The molecule has 0 radical (unpaired) electrons. The van der Waals surface area contributed by atoms with Crippen LogP contribution in [0.1, 0.15) is 23.2 Å². The molecular formula is C12H14ClNO4S. The number of nitrogens with one attached hydrogen (secondary N) is 1. The van der Waals surface area contributed by atoms with Crippen molar-refractivity contribution in [3.05, 3.63) is 29.8 Å². The van der Waals surface area contributed by atoms with Crippen molar-refractivity contribution in [3.63, 3.8) is 0 Å². The number of hydrogen-bond acceptors (Lipinski definition) is 4. The lowest BCUT2D eigenvalue weighted by Crippen LogP contribution is -2.38. The van der Waals surface area contributed by atoms with Gasteiger partial charge >= 0.3 is 0 Å². The molecule has 1 amide bonds. The standard InChI is InChI=1S/C12H14ClNO4S/c13-19(16,17)11-3-1-9(2-4-11)12(15)14-10-5-7-18-8-6-10/h1-4,10H,5-8H2,(H,14,15). The predicted octanol–water partition coefficient (Wildman–Crippen LogP) is 1.52. The maximum absolute atomic E-state index is 11.9. The molecular weight excluding hydrogens is 290 g/mol. The zero-order chi connectivity index (χ0) is 13.9. The summed E-state index contributed by atoms with van der Waals surface area (Å²) in [7, 11) is 1.46. The topological polar surface area (TPSA) is 72.5 Å².